The Morgan fingerprint density at radius 2 is 1.93 bits per heavy atom. The molecule has 9 heteroatoms. The highest BCUT2D eigenvalue weighted by Gasteiger charge is 2.25. The number of nitrogens with one attached hydrogen (secondary N) is 1. The number of hydrogen-bond donors (Lipinski definition) is 1. The summed E-state index contributed by atoms with van der Waals surface area (Å²) in [6.07, 6.45) is 1.89. The van der Waals surface area contributed by atoms with Gasteiger partial charge >= 0.3 is 5.97 Å². The standard InChI is InChI=1S/C19H17ClN4O4/c1-12(18(25)22-16-9-8-13(20)10-21-16)28-19(26)17-15(27-2)11-24(23-17)14-6-4-3-5-7-14/h3-12H,1-2H3,(H,21,22,25)/t12-/m1/s1. The molecule has 3 rings (SSSR count). The fourth-order valence-corrected chi connectivity index (χ4v) is 2.42. The molecule has 0 radical (unpaired) electrons. The Morgan fingerprint density at radius 3 is 2.57 bits per heavy atom. The van der Waals surface area contributed by atoms with Crippen LogP contribution in [0.25, 0.3) is 5.69 Å². The molecule has 0 saturated carbocycles. The molecule has 0 aliphatic heterocycles. The van der Waals surface area contributed by atoms with Crippen molar-refractivity contribution in [2.45, 2.75) is 13.0 Å². The minimum Gasteiger partial charge on any atom is -0.493 e. The number of esters is 1. The number of hydrogen-bond acceptors (Lipinski definition) is 6. The van der Waals surface area contributed by atoms with Gasteiger partial charge in [0.2, 0.25) is 5.69 Å². The van der Waals surface area contributed by atoms with E-state index in [-0.39, 0.29) is 11.4 Å². The normalized spacial score (nSPS) is 11.5. The van der Waals surface area contributed by atoms with E-state index in [0.717, 1.165) is 5.69 Å². The maximum absolute atomic E-state index is 12.5. The van der Waals surface area contributed by atoms with Crippen molar-refractivity contribution < 1.29 is 19.1 Å². The van der Waals surface area contributed by atoms with E-state index in [1.807, 2.05) is 30.3 Å². The zero-order valence-corrected chi connectivity index (χ0v) is 15.9. The average Bonchev–Trinajstić information content (AvgIpc) is 3.15. The van der Waals surface area contributed by atoms with Crippen molar-refractivity contribution in [2.75, 3.05) is 12.4 Å². The van der Waals surface area contributed by atoms with Crippen molar-refractivity contribution in [3.8, 4) is 11.4 Å². The number of rotatable bonds is 6. The summed E-state index contributed by atoms with van der Waals surface area (Å²) in [5.41, 5.74) is 0.718. The average molecular weight is 401 g/mol. The van der Waals surface area contributed by atoms with Gasteiger partial charge in [-0.2, -0.15) is 5.10 Å². The van der Waals surface area contributed by atoms with E-state index in [9.17, 15) is 9.59 Å². The number of carbonyl (C=O) groups is 2. The molecule has 1 amide bonds. The molecule has 0 spiro atoms. The Kier molecular flexibility index (Phi) is 5.90. The smallest absolute Gasteiger partial charge is 0.363 e. The van der Waals surface area contributed by atoms with Gasteiger partial charge in [-0.25, -0.2) is 14.5 Å². The van der Waals surface area contributed by atoms with E-state index >= 15 is 0 Å². The molecule has 144 valence electrons. The predicted molar refractivity (Wildman–Crippen MR) is 103 cm³/mol. The van der Waals surface area contributed by atoms with Crippen molar-refractivity contribution in [1.29, 1.82) is 0 Å². The molecule has 2 aromatic heterocycles. The molecular formula is C19H17ClN4O4. The summed E-state index contributed by atoms with van der Waals surface area (Å²) in [6, 6.07) is 12.3. The number of pyridine rings is 1. The third-order valence-corrected chi connectivity index (χ3v) is 3.97. The van der Waals surface area contributed by atoms with Gasteiger partial charge in [-0.15, -0.1) is 0 Å². The van der Waals surface area contributed by atoms with Crippen LogP contribution in [0.3, 0.4) is 0 Å². The summed E-state index contributed by atoms with van der Waals surface area (Å²) >= 11 is 5.76. The quantitative estimate of drug-likeness (QED) is 0.639. The number of nitrogens with zero attached hydrogens (tertiary/aromatic N) is 3. The second-order valence-electron chi connectivity index (χ2n) is 5.72. The van der Waals surface area contributed by atoms with Gasteiger partial charge in [-0.3, -0.25) is 4.79 Å². The van der Waals surface area contributed by atoms with Gasteiger partial charge in [0.1, 0.15) is 5.82 Å². The first kappa shape index (κ1) is 19.4. The van der Waals surface area contributed by atoms with Crippen molar-refractivity contribution in [3.05, 3.63) is 65.6 Å². The molecule has 3 aromatic rings. The van der Waals surface area contributed by atoms with E-state index in [2.05, 4.69) is 15.4 Å². The molecule has 1 aromatic carbocycles. The number of carbonyl (C=O) groups excluding carboxylic acids is 2. The second-order valence-corrected chi connectivity index (χ2v) is 6.16. The number of benzene rings is 1. The molecular weight excluding hydrogens is 384 g/mol. The van der Waals surface area contributed by atoms with Gasteiger partial charge < -0.3 is 14.8 Å². The molecule has 28 heavy (non-hydrogen) atoms. The molecule has 8 nitrogen and oxygen atoms in total. The monoisotopic (exact) mass is 400 g/mol. The molecule has 1 N–H and O–H groups in total. The van der Waals surface area contributed by atoms with E-state index in [0.29, 0.717) is 10.8 Å². The van der Waals surface area contributed by atoms with Crippen LogP contribution in [0.15, 0.2) is 54.9 Å². The Labute approximate surface area is 166 Å². The highest BCUT2D eigenvalue weighted by Crippen LogP contribution is 2.21. The first-order valence-corrected chi connectivity index (χ1v) is 8.68. The molecule has 0 aliphatic rings. The number of para-hydroxylation sites is 1. The fourth-order valence-electron chi connectivity index (χ4n) is 2.31. The van der Waals surface area contributed by atoms with Gasteiger partial charge in [0, 0.05) is 6.20 Å². The summed E-state index contributed by atoms with van der Waals surface area (Å²) in [4.78, 5) is 28.7. The third-order valence-electron chi connectivity index (χ3n) is 3.75. The topological polar surface area (TPSA) is 95.3 Å². The number of amides is 1. The lowest BCUT2D eigenvalue weighted by Gasteiger charge is -2.12. The molecule has 0 bridgehead atoms. The SMILES string of the molecule is COc1cn(-c2ccccc2)nc1C(=O)O[C@H](C)C(=O)Nc1ccc(Cl)cn1. The van der Waals surface area contributed by atoms with Crippen molar-refractivity contribution in [3.63, 3.8) is 0 Å². The minimum absolute atomic E-state index is 0.0318. The Bertz CT molecular complexity index is 973. The zero-order chi connectivity index (χ0) is 20.1. The van der Waals surface area contributed by atoms with Crippen LogP contribution in [0.1, 0.15) is 17.4 Å². The molecule has 2 heterocycles. The maximum atomic E-state index is 12.5. The lowest BCUT2D eigenvalue weighted by Crippen LogP contribution is -2.30. The zero-order valence-electron chi connectivity index (χ0n) is 15.1. The highest BCUT2D eigenvalue weighted by atomic mass is 35.5. The summed E-state index contributed by atoms with van der Waals surface area (Å²) in [5.74, 6) is -0.785. The number of anilines is 1. The van der Waals surface area contributed by atoms with Gasteiger partial charge in [0.15, 0.2) is 11.9 Å². The van der Waals surface area contributed by atoms with E-state index in [1.165, 1.54) is 24.9 Å². The number of methoxy groups -OCH3 is 1. The Balaban J connectivity index is 1.70. The van der Waals surface area contributed by atoms with Gasteiger partial charge in [-0.1, -0.05) is 29.8 Å². The summed E-state index contributed by atoms with van der Waals surface area (Å²) < 4.78 is 11.9. The lowest BCUT2D eigenvalue weighted by atomic mass is 10.3. The van der Waals surface area contributed by atoms with E-state index < -0.39 is 18.0 Å². The van der Waals surface area contributed by atoms with Crippen LogP contribution >= 0.6 is 11.6 Å². The van der Waals surface area contributed by atoms with Crippen LogP contribution in [0.2, 0.25) is 5.02 Å². The number of ether oxygens (including phenoxy) is 2. The maximum Gasteiger partial charge on any atom is 0.363 e. The molecule has 0 fully saturated rings. The third kappa shape index (κ3) is 4.47. The Hall–Kier alpha value is -3.39. The lowest BCUT2D eigenvalue weighted by molar-refractivity contribution is -0.123. The minimum atomic E-state index is -1.07. The summed E-state index contributed by atoms with van der Waals surface area (Å²) in [5, 5.41) is 7.20. The summed E-state index contributed by atoms with van der Waals surface area (Å²) in [6.45, 7) is 1.45. The van der Waals surface area contributed by atoms with Crippen molar-refractivity contribution >= 4 is 29.3 Å². The fraction of sp³-hybridized carbons (Fsp3) is 0.158. The number of halogens is 1. The van der Waals surface area contributed by atoms with Crippen LogP contribution in [0, 0.1) is 0 Å². The van der Waals surface area contributed by atoms with Crippen LogP contribution in [-0.2, 0) is 9.53 Å². The molecule has 1 atom stereocenters. The number of aromatic nitrogens is 3. The van der Waals surface area contributed by atoms with Gasteiger partial charge in [0.25, 0.3) is 5.91 Å². The first-order valence-electron chi connectivity index (χ1n) is 8.30. The predicted octanol–water partition coefficient (Wildman–Crippen LogP) is 3.11. The van der Waals surface area contributed by atoms with Crippen molar-refractivity contribution in [2.24, 2.45) is 0 Å². The van der Waals surface area contributed by atoms with Gasteiger partial charge in [-0.05, 0) is 31.2 Å². The second kappa shape index (κ2) is 8.53. The largest absolute Gasteiger partial charge is 0.493 e. The first-order chi connectivity index (χ1) is 13.5. The van der Waals surface area contributed by atoms with E-state index in [4.69, 9.17) is 21.1 Å². The molecule has 0 unspecified atom stereocenters. The van der Waals surface area contributed by atoms with Gasteiger partial charge in [0.05, 0.1) is 24.0 Å². The summed E-state index contributed by atoms with van der Waals surface area (Å²) in [7, 11) is 1.42. The van der Waals surface area contributed by atoms with Crippen LogP contribution in [0.4, 0.5) is 5.82 Å². The van der Waals surface area contributed by atoms with Crippen LogP contribution in [-0.4, -0.2) is 39.9 Å². The Morgan fingerprint density at radius 1 is 1.18 bits per heavy atom. The van der Waals surface area contributed by atoms with E-state index in [1.54, 1.807) is 18.3 Å². The van der Waals surface area contributed by atoms with Crippen LogP contribution in [0.5, 0.6) is 5.75 Å². The molecule has 0 saturated heterocycles. The highest BCUT2D eigenvalue weighted by molar-refractivity contribution is 6.30. The van der Waals surface area contributed by atoms with Crippen molar-refractivity contribution in [1.82, 2.24) is 14.8 Å². The molecule has 0 aliphatic carbocycles. The van der Waals surface area contributed by atoms with Crippen LogP contribution < -0.4 is 10.1 Å².